The molecule has 0 bridgehead atoms. The Morgan fingerprint density at radius 1 is 0.821 bits per heavy atom. The number of amides is 2. The summed E-state index contributed by atoms with van der Waals surface area (Å²) in [4.78, 5) is 32.7. The highest BCUT2D eigenvalue weighted by atomic mass is 35.5. The van der Waals surface area contributed by atoms with Crippen LogP contribution in [-0.2, 0) is 13.0 Å². The maximum atomic E-state index is 12.3. The first-order valence-corrected chi connectivity index (χ1v) is 9.16. The molecule has 0 aliphatic carbocycles. The van der Waals surface area contributed by atoms with Gasteiger partial charge in [-0.3, -0.25) is 14.6 Å². The standard InChI is InChI=1S/C21H19ClN4O2/c22-17-6-4-15(5-7-17)10-13-24-20(27)18-2-1-3-19(26-18)21(28)25-14-16-8-11-23-12-9-16/h1-9,11-12H,10,13-14H2,(H,24,27)(H,25,28). The number of halogens is 1. The van der Waals surface area contributed by atoms with Crippen molar-refractivity contribution in [2.75, 3.05) is 6.54 Å². The van der Waals surface area contributed by atoms with Crippen LogP contribution in [0.25, 0.3) is 0 Å². The van der Waals surface area contributed by atoms with Gasteiger partial charge in [-0.1, -0.05) is 29.8 Å². The summed E-state index contributed by atoms with van der Waals surface area (Å²) in [6.07, 6.45) is 4.00. The van der Waals surface area contributed by atoms with E-state index < -0.39 is 0 Å². The van der Waals surface area contributed by atoms with Crippen molar-refractivity contribution in [2.45, 2.75) is 13.0 Å². The lowest BCUT2D eigenvalue weighted by molar-refractivity contribution is 0.0943. The first-order chi connectivity index (χ1) is 13.6. The molecule has 7 heteroatoms. The molecular weight excluding hydrogens is 376 g/mol. The molecule has 3 aromatic rings. The smallest absolute Gasteiger partial charge is 0.270 e. The Kier molecular flexibility index (Phi) is 6.70. The van der Waals surface area contributed by atoms with Crippen molar-refractivity contribution in [3.63, 3.8) is 0 Å². The molecule has 2 heterocycles. The summed E-state index contributed by atoms with van der Waals surface area (Å²) >= 11 is 5.86. The van der Waals surface area contributed by atoms with Crippen molar-refractivity contribution in [3.8, 4) is 0 Å². The van der Waals surface area contributed by atoms with Gasteiger partial charge in [-0.05, 0) is 53.9 Å². The number of nitrogens with zero attached hydrogens (tertiary/aromatic N) is 2. The molecule has 0 saturated heterocycles. The third-order valence-electron chi connectivity index (χ3n) is 4.03. The van der Waals surface area contributed by atoms with Crippen LogP contribution in [0.3, 0.4) is 0 Å². The van der Waals surface area contributed by atoms with Crippen LogP contribution in [0.1, 0.15) is 32.1 Å². The van der Waals surface area contributed by atoms with E-state index in [1.165, 1.54) is 0 Å². The summed E-state index contributed by atoms with van der Waals surface area (Å²) in [6.45, 7) is 0.821. The van der Waals surface area contributed by atoms with Crippen molar-refractivity contribution in [1.82, 2.24) is 20.6 Å². The Morgan fingerprint density at radius 3 is 2.14 bits per heavy atom. The van der Waals surface area contributed by atoms with Gasteiger partial charge >= 0.3 is 0 Å². The largest absolute Gasteiger partial charge is 0.350 e. The Bertz CT molecular complexity index is 946. The zero-order chi connectivity index (χ0) is 19.8. The van der Waals surface area contributed by atoms with Crippen LogP contribution in [0.2, 0.25) is 5.02 Å². The normalized spacial score (nSPS) is 10.3. The van der Waals surface area contributed by atoms with Gasteiger partial charge in [0.25, 0.3) is 11.8 Å². The van der Waals surface area contributed by atoms with Gasteiger partial charge in [-0.25, -0.2) is 4.98 Å². The van der Waals surface area contributed by atoms with E-state index in [9.17, 15) is 9.59 Å². The second-order valence-electron chi connectivity index (χ2n) is 6.08. The topological polar surface area (TPSA) is 84.0 Å². The lowest BCUT2D eigenvalue weighted by Crippen LogP contribution is -2.28. The first kappa shape index (κ1) is 19.5. The molecule has 0 aliphatic heterocycles. The lowest BCUT2D eigenvalue weighted by atomic mass is 10.1. The predicted molar refractivity (Wildman–Crippen MR) is 107 cm³/mol. The highest BCUT2D eigenvalue weighted by Crippen LogP contribution is 2.09. The van der Waals surface area contributed by atoms with Crippen LogP contribution >= 0.6 is 11.6 Å². The van der Waals surface area contributed by atoms with Gasteiger partial charge < -0.3 is 10.6 Å². The van der Waals surface area contributed by atoms with E-state index in [-0.39, 0.29) is 23.2 Å². The first-order valence-electron chi connectivity index (χ1n) is 8.78. The van der Waals surface area contributed by atoms with Gasteiger partial charge in [0.15, 0.2) is 0 Å². The van der Waals surface area contributed by atoms with E-state index in [1.54, 1.807) is 30.6 Å². The molecule has 0 unspecified atom stereocenters. The number of hydrogen-bond donors (Lipinski definition) is 2. The van der Waals surface area contributed by atoms with Crippen molar-refractivity contribution in [1.29, 1.82) is 0 Å². The highest BCUT2D eigenvalue weighted by Gasteiger charge is 2.12. The van der Waals surface area contributed by atoms with Crippen LogP contribution in [0.15, 0.2) is 67.0 Å². The fourth-order valence-electron chi connectivity index (χ4n) is 2.52. The monoisotopic (exact) mass is 394 g/mol. The Labute approximate surface area is 168 Å². The Hall–Kier alpha value is -3.25. The number of hydrogen-bond acceptors (Lipinski definition) is 4. The summed E-state index contributed by atoms with van der Waals surface area (Å²) < 4.78 is 0. The number of nitrogens with one attached hydrogen (secondary N) is 2. The van der Waals surface area contributed by atoms with E-state index in [4.69, 9.17) is 11.6 Å². The number of benzene rings is 1. The third-order valence-corrected chi connectivity index (χ3v) is 4.28. The number of aromatic nitrogens is 2. The van der Waals surface area contributed by atoms with Crippen LogP contribution in [-0.4, -0.2) is 28.3 Å². The zero-order valence-corrected chi connectivity index (χ0v) is 15.8. The van der Waals surface area contributed by atoms with E-state index >= 15 is 0 Å². The summed E-state index contributed by atoms with van der Waals surface area (Å²) in [5.74, 6) is -0.662. The summed E-state index contributed by atoms with van der Waals surface area (Å²) in [5, 5.41) is 6.27. The Balaban J connectivity index is 1.53. The minimum absolute atomic E-state index is 0.194. The van der Waals surface area contributed by atoms with Crippen LogP contribution < -0.4 is 10.6 Å². The molecule has 28 heavy (non-hydrogen) atoms. The predicted octanol–water partition coefficient (Wildman–Crippen LogP) is 3.03. The van der Waals surface area contributed by atoms with Crippen LogP contribution in [0.4, 0.5) is 0 Å². The summed E-state index contributed by atoms with van der Waals surface area (Å²) in [7, 11) is 0. The van der Waals surface area contributed by atoms with Crippen molar-refractivity contribution >= 4 is 23.4 Å². The summed E-state index contributed by atoms with van der Waals surface area (Å²) in [6, 6.07) is 15.9. The fourth-order valence-corrected chi connectivity index (χ4v) is 2.65. The fraction of sp³-hybridized carbons (Fsp3) is 0.143. The molecule has 0 aliphatic rings. The molecule has 0 saturated carbocycles. The SMILES string of the molecule is O=C(NCCc1ccc(Cl)cc1)c1cccc(C(=O)NCc2ccncc2)n1. The Morgan fingerprint density at radius 2 is 1.46 bits per heavy atom. The van der Waals surface area contributed by atoms with Crippen molar-refractivity contribution in [3.05, 3.63) is 94.5 Å². The number of carbonyl (C=O) groups is 2. The molecule has 2 amide bonds. The maximum Gasteiger partial charge on any atom is 0.270 e. The van der Waals surface area contributed by atoms with Crippen LogP contribution in [0, 0.1) is 0 Å². The average Bonchev–Trinajstić information content (AvgIpc) is 2.74. The molecule has 0 radical (unpaired) electrons. The van der Waals surface area contributed by atoms with Crippen molar-refractivity contribution < 1.29 is 9.59 Å². The molecule has 3 rings (SSSR count). The molecule has 2 N–H and O–H groups in total. The van der Waals surface area contributed by atoms with Gasteiger partial charge in [0.05, 0.1) is 0 Å². The highest BCUT2D eigenvalue weighted by molar-refractivity contribution is 6.30. The molecule has 142 valence electrons. The zero-order valence-electron chi connectivity index (χ0n) is 15.1. The maximum absolute atomic E-state index is 12.3. The van der Waals surface area contributed by atoms with Gasteiger partial charge in [-0.2, -0.15) is 0 Å². The van der Waals surface area contributed by atoms with Crippen LogP contribution in [0.5, 0.6) is 0 Å². The lowest BCUT2D eigenvalue weighted by Gasteiger charge is -2.08. The molecule has 6 nitrogen and oxygen atoms in total. The number of rotatable bonds is 7. The third kappa shape index (κ3) is 5.62. The molecule has 0 fully saturated rings. The van der Waals surface area contributed by atoms with E-state index in [1.807, 2.05) is 36.4 Å². The number of carbonyl (C=O) groups excluding carboxylic acids is 2. The van der Waals surface area contributed by atoms with Gasteiger partial charge in [0.2, 0.25) is 0 Å². The minimum Gasteiger partial charge on any atom is -0.350 e. The number of pyridine rings is 2. The second-order valence-corrected chi connectivity index (χ2v) is 6.52. The molecule has 0 atom stereocenters. The molecule has 1 aromatic carbocycles. The second kappa shape index (κ2) is 9.62. The van der Waals surface area contributed by atoms with E-state index in [2.05, 4.69) is 20.6 Å². The summed E-state index contributed by atoms with van der Waals surface area (Å²) in [5.41, 5.74) is 2.40. The molecule has 2 aromatic heterocycles. The minimum atomic E-state index is -0.340. The van der Waals surface area contributed by atoms with Crippen molar-refractivity contribution in [2.24, 2.45) is 0 Å². The molecule has 0 spiro atoms. The van der Waals surface area contributed by atoms with Gasteiger partial charge in [0.1, 0.15) is 11.4 Å². The van der Waals surface area contributed by atoms with Gasteiger partial charge in [0, 0.05) is 30.5 Å². The quantitative estimate of drug-likeness (QED) is 0.645. The van der Waals surface area contributed by atoms with E-state index in [0.29, 0.717) is 24.5 Å². The average molecular weight is 395 g/mol. The van der Waals surface area contributed by atoms with E-state index in [0.717, 1.165) is 11.1 Å². The van der Waals surface area contributed by atoms with Gasteiger partial charge in [-0.15, -0.1) is 0 Å². The molecular formula is C21H19ClN4O2.